The van der Waals surface area contributed by atoms with Crippen LogP contribution in [0.2, 0.25) is 0 Å². The molecule has 1 heterocycles. The number of nitrogens with one attached hydrogen (secondary N) is 2. The Balaban J connectivity index is 1.82. The number of pyridine rings is 1. The summed E-state index contributed by atoms with van der Waals surface area (Å²) < 4.78 is 0. The summed E-state index contributed by atoms with van der Waals surface area (Å²) in [5.41, 5.74) is 4.71. The van der Waals surface area contributed by atoms with E-state index in [1.807, 2.05) is 18.2 Å². The summed E-state index contributed by atoms with van der Waals surface area (Å²) in [7, 11) is 0. The highest BCUT2D eigenvalue weighted by molar-refractivity contribution is 5.83. The maximum absolute atomic E-state index is 5.47. The van der Waals surface area contributed by atoms with Crippen molar-refractivity contribution in [2.45, 2.75) is 25.4 Å². The van der Waals surface area contributed by atoms with Gasteiger partial charge in [-0.2, -0.15) is 0 Å². The predicted molar refractivity (Wildman–Crippen MR) is 76.4 cm³/mol. The van der Waals surface area contributed by atoms with Gasteiger partial charge < -0.3 is 5.32 Å². The number of benzene rings is 1. The molecule has 4 N–H and O–H groups in total. The molecule has 5 heteroatoms. The quantitative estimate of drug-likeness (QED) is 0.334. The van der Waals surface area contributed by atoms with Crippen LogP contribution < -0.4 is 16.6 Å². The van der Waals surface area contributed by atoms with E-state index in [2.05, 4.69) is 32.9 Å². The van der Waals surface area contributed by atoms with Crippen LogP contribution in [0.3, 0.4) is 0 Å². The molecule has 0 bridgehead atoms. The van der Waals surface area contributed by atoms with Gasteiger partial charge in [-0.3, -0.25) is 10.4 Å². The number of nitrogens with two attached hydrogens (primary N) is 1. The van der Waals surface area contributed by atoms with Crippen LogP contribution in [-0.2, 0) is 6.54 Å². The Kier molecular flexibility index (Phi) is 3.29. The second-order valence-electron chi connectivity index (χ2n) is 4.72. The molecule has 1 fully saturated rings. The van der Waals surface area contributed by atoms with Gasteiger partial charge in [0.1, 0.15) is 0 Å². The van der Waals surface area contributed by atoms with E-state index >= 15 is 0 Å². The van der Waals surface area contributed by atoms with Crippen LogP contribution in [-0.4, -0.2) is 17.0 Å². The fraction of sp³-hybridized carbons (Fsp3) is 0.286. The maximum Gasteiger partial charge on any atom is 0.206 e. The highest BCUT2D eigenvalue weighted by atomic mass is 15.3. The first-order valence-corrected chi connectivity index (χ1v) is 6.47. The summed E-state index contributed by atoms with van der Waals surface area (Å²) in [6, 6.07) is 10.7. The summed E-state index contributed by atoms with van der Waals surface area (Å²) in [6.07, 6.45) is 4.19. The minimum absolute atomic E-state index is 0.528. The number of hydrazine groups is 1. The van der Waals surface area contributed by atoms with Crippen molar-refractivity contribution in [1.82, 2.24) is 15.7 Å². The number of para-hydroxylation sites is 1. The molecule has 19 heavy (non-hydrogen) atoms. The number of aliphatic imine (C=N–C) groups is 1. The largest absolute Gasteiger partial charge is 0.353 e. The van der Waals surface area contributed by atoms with E-state index in [4.69, 9.17) is 5.84 Å². The van der Waals surface area contributed by atoms with Crippen molar-refractivity contribution in [3.63, 3.8) is 0 Å². The Morgan fingerprint density at radius 1 is 1.32 bits per heavy atom. The number of guanidine groups is 1. The van der Waals surface area contributed by atoms with Gasteiger partial charge in [-0.05, 0) is 24.5 Å². The number of hydrogen-bond acceptors (Lipinski definition) is 3. The third kappa shape index (κ3) is 2.82. The number of fused-ring (bicyclic) bond motifs is 1. The Morgan fingerprint density at radius 3 is 2.95 bits per heavy atom. The Morgan fingerprint density at radius 2 is 2.16 bits per heavy atom. The van der Waals surface area contributed by atoms with Crippen molar-refractivity contribution in [3.8, 4) is 0 Å². The van der Waals surface area contributed by atoms with Gasteiger partial charge in [0.15, 0.2) is 0 Å². The normalized spacial score (nSPS) is 15.5. The molecule has 0 spiro atoms. The van der Waals surface area contributed by atoms with Gasteiger partial charge in [-0.1, -0.05) is 24.3 Å². The molecule has 1 saturated carbocycles. The van der Waals surface area contributed by atoms with Gasteiger partial charge >= 0.3 is 0 Å². The van der Waals surface area contributed by atoms with Crippen LogP contribution in [0.15, 0.2) is 41.5 Å². The summed E-state index contributed by atoms with van der Waals surface area (Å²) in [5, 5.41) is 4.38. The third-order valence-corrected chi connectivity index (χ3v) is 3.18. The van der Waals surface area contributed by atoms with Gasteiger partial charge in [-0.25, -0.2) is 10.8 Å². The molecule has 2 aromatic rings. The summed E-state index contributed by atoms with van der Waals surface area (Å²) in [4.78, 5) is 8.89. The molecule has 1 aromatic heterocycles. The van der Waals surface area contributed by atoms with Crippen LogP contribution in [0.5, 0.6) is 0 Å². The topological polar surface area (TPSA) is 75.3 Å². The predicted octanol–water partition coefficient (Wildman–Crippen LogP) is 1.31. The van der Waals surface area contributed by atoms with E-state index < -0.39 is 0 Å². The molecule has 1 aliphatic rings. The van der Waals surface area contributed by atoms with Crippen molar-refractivity contribution in [1.29, 1.82) is 0 Å². The molecule has 0 radical (unpaired) electrons. The Labute approximate surface area is 111 Å². The lowest BCUT2D eigenvalue weighted by molar-refractivity contribution is 0.821. The SMILES string of the molecule is NNC(=NCc1cccc2cccnc12)NC1CC1. The summed E-state index contributed by atoms with van der Waals surface area (Å²) in [5.74, 6) is 6.12. The zero-order valence-corrected chi connectivity index (χ0v) is 10.6. The molecule has 0 saturated heterocycles. The van der Waals surface area contributed by atoms with E-state index in [1.165, 1.54) is 12.8 Å². The monoisotopic (exact) mass is 255 g/mol. The highest BCUT2D eigenvalue weighted by Gasteiger charge is 2.21. The minimum atomic E-state index is 0.528. The maximum atomic E-state index is 5.47. The molecule has 1 aliphatic carbocycles. The number of nitrogens with zero attached hydrogens (tertiary/aromatic N) is 2. The van der Waals surface area contributed by atoms with Gasteiger partial charge in [0.25, 0.3) is 0 Å². The van der Waals surface area contributed by atoms with Crippen molar-refractivity contribution < 1.29 is 0 Å². The van der Waals surface area contributed by atoms with Crippen LogP contribution in [0.25, 0.3) is 10.9 Å². The van der Waals surface area contributed by atoms with E-state index in [1.54, 1.807) is 6.20 Å². The summed E-state index contributed by atoms with van der Waals surface area (Å²) in [6.45, 7) is 0.563. The van der Waals surface area contributed by atoms with Crippen molar-refractivity contribution in [2.24, 2.45) is 10.8 Å². The van der Waals surface area contributed by atoms with E-state index in [0.717, 1.165) is 16.5 Å². The van der Waals surface area contributed by atoms with E-state index in [-0.39, 0.29) is 0 Å². The molecule has 0 amide bonds. The first kappa shape index (κ1) is 11.9. The van der Waals surface area contributed by atoms with Gasteiger partial charge in [0, 0.05) is 17.6 Å². The zero-order valence-electron chi connectivity index (χ0n) is 10.6. The first-order valence-electron chi connectivity index (χ1n) is 6.47. The number of rotatable bonds is 3. The zero-order chi connectivity index (χ0) is 13.1. The minimum Gasteiger partial charge on any atom is -0.353 e. The molecule has 0 atom stereocenters. The third-order valence-electron chi connectivity index (χ3n) is 3.18. The average molecular weight is 255 g/mol. The van der Waals surface area contributed by atoms with Crippen molar-refractivity contribution in [3.05, 3.63) is 42.1 Å². The van der Waals surface area contributed by atoms with Crippen LogP contribution in [0.1, 0.15) is 18.4 Å². The second kappa shape index (κ2) is 5.24. The van der Waals surface area contributed by atoms with E-state index in [9.17, 15) is 0 Å². The molecule has 1 aromatic carbocycles. The molecular formula is C14H17N5. The number of aromatic nitrogens is 1. The summed E-state index contributed by atoms with van der Waals surface area (Å²) >= 11 is 0. The average Bonchev–Trinajstić information content (AvgIpc) is 3.27. The van der Waals surface area contributed by atoms with Gasteiger partial charge in [0.05, 0.1) is 12.1 Å². The lowest BCUT2D eigenvalue weighted by Gasteiger charge is -2.08. The van der Waals surface area contributed by atoms with E-state index in [0.29, 0.717) is 18.5 Å². The van der Waals surface area contributed by atoms with Crippen molar-refractivity contribution in [2.75, 3.05) is 0 Å². The molecular weight excluding hydrogens is 238 g/mol. The molecule has 0 aliphatic heterocycles. The van der Waals surface area contributed by atoms with Crippen LogP contribution >= 0.6 is 0 Å². The van der Waals surface area contributed by atoms with Crippen LogP contribution in [0.4, 0.5) is 0 Å². The fourth-order valence-corrected chi connectivity index (χ4v) is 2.01. The number of hydrogen-bond donors (Lipinski definition) is 3. The lowest BCUT2D eigenvalue weighted by Crippen LogP contribution is -2.42. The second-order valence-corrected chi connectivity index (χ2v) is 4.72. The standard InChI is InChI=1S/C14H17N5/c15-19-14(18-12-6-7-12)17-9-11-4-1-3-10-5-2-8-16-13(10)11/h1-5,8,12H,6-7,9,15H2,(H2,17,18,19). The smallest absolute Gasteiger partial charge is 0.206 e. The molecule has 0 unspecified atom stereocenters. The first-order chi connectivity index (χ1) is 9.36. The molecule has 3 rings (SSSR count). The molecule has 5 nitrogen and oxygen atoms in total. The fourth-order valence-electron chi connectivity index (χ4n) is 2.01. The Bertz CT molecular complexity index is 598. The highest BCUT2D eigenvalue weighted by Crippen LogP contribution is 2.19. The molecule has 98 valence electrons. The Hall–Kier alpha value is -2.14. The van der Waals surface area contributed by atoms with Crippen molar-refractivity contribution >= 4 is 16.9 Å². The van der Waals surface area contributed by atoms with Gasteiger partial charge in [0.2, 0.25) is 5.96 Å². The van der Waals surface area contributed by atoms with Crippen LogP contribution in [0, 0.1) is 0 Å². The van der Waals surface area contributed by atoms with Gasteiger partial charge in [-0.15, -0.1) is 0 Å². The lowest BCUT2D eigenvalue weighted by atomic mass is 10.1.